The molecule has 6 heteroatoms. The minimum atomic E-state index is -1.23. The Morgan fingerprint density at radius 1 is 1.05 bits per heavy atom. The predicted octanol–water partition coefficient (Wildman–Crippen LogP) is 3.87. The van der Waals surface area contributed by atoms with Gasteiger partial charge in [-0.3, -0.25) is 0 Å². The number of anilines is 1. The molecule has 20 heavy (non-hydrogen) atoms. The lowest BCUT2D eigenvalue weighted by molar-refractivity contribution is 0.486. The fraction of sp³-hybridized carbons (Fsp3) is 0.143. The molecular formula is C14H12ClF3N2. The average Bonchev–Trinajstić information content (AvgIpc) is 2.40. The highest BCUT2D eigenvalue weighted by atomic mass is 35.5. The van der Waals surface area contributed by atoms with Gasteiger partial charge in [0.25, 0.3) is 0 Å². The highest BCUT2D eigenvalue weighted by Crippen LogP contribution is 2.25. The lowest BCUT2D eigenvalue weighted by Crippen LogP contribution is -2.22. The molecule has 1 unspecified atom stereocenters. The Bertz CT molecular complexity index is 619. The van der Waals surface area contributed by atoms with Gasteiger partial charge in [0, 0.05) is 28.9 Å². The van der Waals surface area contributed by atoms with Crippen molar-refractivity contribution in [3.05, 3.63) is 64.4 Å². The van der Waals surface area contributed by atoms with Crippen LogP contribution in [0, 0.1) is 17.5 Å². The normalized spacial score (nSPS) is 12.2. The van der Waals surface area contributed by atoms with Crippen LogP contribution in [0.5, 0.6) is 0 Å². The van der Waals surface area contributed by atoms with E-state index < -0.39 is 23.5 Å². The monoisotopic (exact) mass is 300 g/mol. The van der Waals surface area contributed by atoms with E-state index in [0.717, 1.165) is 6.07 Å². The zero-order valence-electron chi connectivity index (χ0n) is 10.3. The smallest absolute Gasteiger partial charge is 0.161 e. The van der Waals surface area contributed by atoms with Crippen molar-refractivity contribution in [2.24, 2.45) is 5.73 Å². The standard InChI is InChI=1S/C14H12ClF3N2/c15-8-2-1-3-9(4-8)20-14(7-19)10-5-12(17)13(18)6-11(10)16/h1-6,14,20H,7,19H2. The van der Waals surface area contributed by atoms with Gasteiger partial charge in [0.15, 0.2) is 11.6 Å². The molecule has 0 spiro atoms. The third kappa shape index (κ3) is 3.23. The molecule has 0 aromatic heterocycles. The van der Waals surface area contributed by atoms with E-state index in [9.17, 15) is 13.2 Å². The van der Waals surface area contributed by atoms with Gasteiger partial charge in [-0.1, -0.05) is 17.7 Å². The second-order valence-electron chi connectivity index (χ2n) is 4.23. The van der Waals surface area contributed by atoms with Crippen LogP contribution in [0.2, 0.25) is 5.02 Å². The van der Waals surface area contributed by atoms with Gasteiger partial charge < -0.3 is 11.1 Å². The second-order valence-corrected chi connectivity index (χ2v) is 4.67. The van der Waals surface area contributed by atoms with E-state index in [1.165, 1.54) is 0 Å². The SMILES string of the molecule is NCC(Nc1cccc(Cl)c1)c1cc(F)c(F)cc1F. The molecule has 2 aromatic carbocycles. The van der Waals surface area contributed by atoms with Crippen LogP contribution in [0.25, 0.3) is 0 Å². The molecule has 0 amide bonds. The van der Waals surface area contributed by atoms with E-state index in [1.807, 2.05) is 0 Å². The summed E-state index contributed by atoms with van der Waals surface area (Å²) in [4.78, 5) is 0. The van der Waals surface area contributed by atoms with E-state index in [4.69, 9.17) is 17.3 Å². The van der Waals surface area contributed by atoms with Crippen molar-refractivity contribution >= 4 is 17.3 Å². The van der Waals surface area contributed by atoms with E-state index in [2.05, 4.69) is 5.32 Å². The predicted molar refractivity (Wildman–Crippen MR) is 73.2 cm³/mol. The largest absolute Gasteiger partial charge is 0.377 e. The van der Waals surface area contributed by atoms with Gasteiger partial charge in [0.05, 0.1) is 6.04 Å². The molecular weight excluding hydrogens is 289 g/mol. The zero-order chi connectivity index (χ0) is 14.7. The molecule has 2 nitrogen and oxygen atoms in total. The first-order valence-corrected chi connectivity index (χ1v) is 6.25. The lowest BCUT2D eigenvalue weighted by atomic mass is 10.1. The van der Waals surface area contributed by atoms with E-state index in [1.54, 1.807) is 24.3 Å². The molecule has 0 fully saturated rings. The molecule has 0 saturated carbocycles. The molecule has 0 radical (unpaired) electrons. The fourth-order valence-electron chi connectivity index (χ4n) is 1.85. The zero-order valence-corrected chi connectivity index (χ0v) is 11.1. The van der Waals surface area contributed by atoms with Crippen LogP contribution < -0.4 is 11.1 Å². The van der Waals surface area contributed by atoms with E-state index in [0.29, 0.717) is 16.8 Å². The topological polar surface area (TPSA) is 38.0 Å². The van der Waals surface area contributed by atoms with Crippen molar-refractivity contribution in [3.8, 4) is 0 Å². The van der Waals surface area contributed by atoms with Crippen LogP contribution in [0.3, 0.4) is 0 Å². The number of hydrogen-bond donors (Lipinski definition) is 2. The number of hydrogen-bond acceptors (Lipinski definition) is 2. The summed E-state index contributed by atoms with van der Waals surface area (Å²) in [6.45, 7) is 0.00844. The summed E-state index contributed by atoms with van der Waals surface area (Å²) < 4.78 is 39.9. The van der Waals surface area contributed by atoms with Gasteiger partial charge in [-0.05, 0) is 24.3 Å². The van der Waals surface area contributed by atoms with Crippen molar-refractivity contribution in [2.75, 3.05) is 11.9 Å². The average molecular weight is 301 g/mol. The van der Waals surface area contributed by atoms with Crippen LogP contribution in [0.1, 0.15) is 11.6 Å². The minimum absolute atomic E-state index is 0.00844. The molecule has 2 rings (SSSR count). The lowest BCUT2D eigenvalue weighted by Gasteiger charge is -2.19. The summed E-state index contributed by atoms with van der Waals surface area (Å²) in [5, 5.41) is 3.43. The highest BCUT2D eigenvalue weighted by Gasteiger charge is 2.18. The Kier molecular flexibility index (Phi) is 4.52. The summed E-state index contributed by atoms with van der Waals surface area (Å²) in [6, 6.07) is 7.35. The first-order valence-electron chi connectivity index (χ1n) is 5.88. The molecule has 0 saturated heterocycles. The van der Waals surface area contributed by atoms with Crippen LogP contribution in [-0.2, 0) is 0 Å². The summed E-state index contributed by atoms with van der Waals surface area (Å²) >= 11 is 5.84. The summed E-state index contributed by atoms with van der Waals surface area (Å²) in [5.41, 5.74) is 6.14. The molecule has 0 aliphatic heterocycles. The Morgan fingerprint density at radius 2 is 1.75 bits per heavy atom. The quantitative estimate of drug-likeness (QED) is 0.841. The van der Waals surface area contributed by atoms with Gasteiger partial charge in [0.1, 0.15) is 5.82 Å². The number of benzene rings is 2. The summed E-state index contributed by atoms with van der Waals surface area (Å²) in [6.07, 6.45) is 0. The van der Waals surface area contributed by atoms with Gasteiger partial charge in [0.2, 0.25) is 0 Å². The van der Waals surface area contributed by atoms with Crippen molar-refractivity contribution in [3.63, 3.8) is 0 Å². The highest BCUT2D eigenvalue weighted by molar-refractivity contribution is 6.30. The maximum atomic E-state index is 13.7. The first kappa shape index (κ1) is 14.7. The van der Waals surface area contributed by atoms with Gasteiger partial charge in [-0.2, -0.15) is 0 Å². The van der Waals surface area contributed by atoms with Gasteiger partial charge in [-0.25, -0.2) is 13.2 Å². The Labute approximate surface area is 119 Å². The molecule has 3 N–H and O–H groups in total. The van der Waals surface area contributed by atoms with E-state index in [-0.39, 0.29) is 12.1 Å². The summed E-state index contributed by atoms with van der Waals surface area (Å²) in [5.74, 6) is -3.20. The number of halogens is 4. The van der Waals surface area contributed by atoms with Crippen LogP contribution in [0.4, 0.5) is 18.9 Å². The molecule has 0 heterocycles. The molecule has 2 aromatic rings. The van der Waals surface area contributed by atoms with Crippen molar-refractivity contribution < 1.29 is 13.2 Å². The molecule has 106 valence electrons. The molecule has 0 bridgehead atoms. The van der Waals surface area contributed by atoms with E-state index >= 15 is 0 Å². The third-order valence-corrected chi connectivity index (χ3v) is 3.05. The van der Waals surface area contributed by atoms with Crippen molar-refractivity contribution in [1.29, 1.82) is 0 Å². The Morgan fingerprint density at radius 3 is 2.40 bits per heavy atom. The number of rotatable bonds is 4. The number of nitrogens with two attached hydrogens (primary N) is 1. The fourth-order valence-corrected chi connectivity index (χ4v) is 2.04. The summed E-state index contributed by atoms with van der Waals surface area (Å²) in [7, 11) is 0. The van der Waals surface area contributed by atoms with Gasteiger partial charge >= 0.3 is 0 Å². The first-order chi connectivity index (χ1) is 9.51. The molecule has 0 aliphatic rings. The van der Waals surface area contributed by atoms with Crippen LogP contribution >= 0.6 is 11.6 Å². The molecule has 0 aliphatic carbocycles. The molecule has 1 atom stereocenters. The van der Waals surface area contributed by atoms with Crippen molar-refractivity contribution in [1.82, 2.24) is 0 Å². The minimum Gasteiger partial charge on any atom is -0.377 e. The van der Waals surface area contributed by atoms with Crippen LogP contribution in [0.15, 0.2) is 36.4 Å². The maximum absolute atomic E-state index is 13.7. The van der Waals surface area contributed by atoms with Crippen molar-refractivity contribution in [2.45, 2.75) is 6.04 Å². The number of nitrogens with one attached hydrogen (secondary N) is 1. The van der Waals surface area contributed by atoms with Gasteiger partial charge in [-0.15, -0.1) is 0 Å². The second kappa shape index (κ2) is 6.15. The Balaban J connectivity index is 2.31. The Hall–Kier alpha value is -1.72. The maximum Gasteiger partial charge on any atom is 0.161 e. The van der Waals surface area contributed by atoms with Crippen LogP contribution in [-0.4, -0.2) is 6.54 Å². The third-order valence-electron chi connectivity index (χ3n) is 2.82.